The zero-order valence-corrected chi connectivity index (χ0v) is 23.5. The van der Waals surface area contributed by atoms with E-state index in [0.29, 0.717) is 12.1 Å². The number of aromatic carboxylic acids is 2. The second-order valence-electron chi connectivity index (χ2n) is 9.65. The first-order chi connectivity index (χ1) is 22.1. The fourth-order valence-corrected chi connectivity index (χ4v) is 4.40. The molecule has 0 spiro atoms. The van der Waals surface area contributed by atoms with Crippen molar-refractivity contribution in [1.29, 1.82) is 0 Å². The van der Waals surface area contributed by atoms with Crippen molar-refractivity contribution < 1.29 is 50.9 Å². The Bertz CT molecular complexity index is 1900. The van der Waals surface area contributed by atoms with Crippen LogP contribution in [0.15, 0.2) is 60.9 Å². The van der Waals surface area contributed by atoms with Crippen LogP contribution in [-0.4, -0.2) is 69.6 Å². The van der Waals surface area contributed by atoms with Crippen molar-refractivity contribution in [2.75, 3.05) is 6.54 Å². The number of carbonyl (C=O) groups is 3. The number of pyridine rings is 1. The summed E-state index contributed by atoms with van der Waals surface area (Å²) >= 11 is 0. The monoisotopic (exact) mass is 660 g/mol. The van der Waals surface area contributed by atoms with E-state index in [4.69, 9.17) is 10.2 Å². The van der Waals surface area contributed by atoms with Crippen LogP contribution >= 0.6 is 0 Å². The second-order valence-corrected chi connectivity index (χ2v) is 9.65. The fraction of sp³-hybridized carbons (Fsp3) is 0.143. The quantitative estimate of drug-likeness (QED) is 0.197. The Morgan fingerprint density at radius 2 is 1.21 bits per heavy atom. The van der Waals surface area contributed by atoms with Crippen LogP contribution in [0.2, 0.25) is 0 Å². The van der Waals surface area contributed by atoms with Gasteiger partial charge in [0.05, 0.1) is 51.7 Å². The summed E-state index contributed by atoms with van der Waals surface area (Å²) in [5, 5.41) is 36.4. The zero-order chi connectivity index (χ0) is 34.3. The molecular weight excluding hydrogens is 642 g/mol. The van der Waals surface area contributed by atoms with Crippen molar-refractivity contribution in [3.8, 4) is 34.0 Å². The molecule has 1 amide bonds. The van der Waals surface area contributed by atoms with Gasteiger partial charge in [0.15, 0.2) is 0 Å². The van der Waals surface area contributed by atoms with Gasteiger partial charge in [0.25, 0.3) is 5.91 Å². The van der Waals surface area contributed by atoms with Crippen LogP contribution in [0, 0.1) is 0 Å². The van der Waals surface area contributed by atoms with Crippen LogP contribution in [0.1, 0.15) is 49.3 Å². The normalized spacial score (nSPS) is 11.8. The Labute approximate surface area is 258 Å². The molecule has 0 atom stereocenters. The maximum Gasteiger partial charge on any atom is 0.417 e. The summed E-state index contributed by atoms with van der Waals surface area (Å²) in [5.41, 5.74) is -5.08. The molecule has 0 bridgehead atoms. The number of carboxylic acid groups (broad SMARTS) is 2. The number of nitrogens with one attached hydrogen (secondary N) is 1. The van der Waals surface area contributed by atoms with Crippen LogP contribution in [0.3, 0.4) is 0 Å². The highest BCUT2D eigenvalue weighted by molar-refractivity contribution is 5.94. The molecule has 3 N–H and O–H groups in total. The Morgan fingerprint density at radius 3 is 1.68 bits per heavy atom. The van der Waals surface area contributed by atoms with E-state index in [1.165, 1.54) is 24.5 Å². The van der Waals surface area contributed by atoms with E-state index in [1.807, 2.05) is 0 Å². The number of amides is 1. The van der Waals surface area contributed by atoms with E-state index < -0.39 is 52.5 Å². The third kappa shape index (κ3) is 6.63. The number of carboxylic acids is 2. The summed E-state index contributed by atoms with van der Waals surface area (Å²) in [6.45, 7) is 1.86. The van der Waals surface area contributed by atoms with Crippen molar-refractivity contribution >= 4 is 17.8 Å². The summed E-state index contributed by atoms with van der Waals surface area (Å²) in [4.78, 5) is 39.6. The lowest BCUT2D eigenvalue weighted by atomic mass is 10.1. The van der Waals surface area contributed by atoms with Crippen LogP contribution in [0.5, 0.6) is 0 Å². The number of rotatable bonds is 8. The fourth-order valence-electron chi connectivity index (χ4n) is 4.40. The van der Waals surface area contributed by atoms with E-state index in [1.54, 1.807) is 6.92 Å². The van der Waals surface area contributed by atoms with Crippen LogP contribution in [0.25, 0.3) is 34.0 Å². The van der Waals surface area contributed by atoms with E-state index in [0.717, 1.165) is 33.6 Å². The number of aromatic nitrogens is 7. The molecule has 242 valence electrons. The summed E-state index contributed by atoms with van der Waals surface area (Å²) < 4.78 is 83.2. The Balaban J connectivity index is 1.56. The van der Waals surface area contributed by atoms with Gasteiger partial charge in [-0.25, -0.2) is 23.9 Å². The molecule has 47 heavy (non-hydrogen) atoms. The molecule has 0 aliphatic heterocycles. The predicted octanol–water partition coefficient (Wildman–Crippen LogP) is 4.76. The van der Waals surface area contributed by atoms with Crippen molar-refractivity contribution in [2.45, 2.75) is 19.3 Å². The minimum Gasteiger partial charge on any atom is -0.478 e. The van der Waals surface area contributed by atoms with Gasteiger partial charge in [-0.3, -0.25) is 4.79 Å². The second kappa shape index (κ2) is 12.0. The van der Waals surface area contributed by atoms with Gasteiger partial charge in [0.2, 0.25) is 0 Å². The highest BCUT2D eigenvalue weighted by Crippen LogP contribution is 2.35. The number of hydrogen-bond acceptors (Lipinski definition) is 8. The number of alkyl halides is 6. The molecule has 13 nitrogen and oxygen atoms in total. The van der Waals surface area contributed by atoms with E-state index >= 15 is 0 Å². The van der Waals surface area contributed by atoms with Gasteiger partial charge in [-0.1, -0.05) is 10.4 Å². The Kier molecular flexibility index (Phi) is 8.23. The van der Waals surface area contributed by atoms with Crippen LogP contribution in [-0.2, 0) is 12.4 Å². The lowest BCUT2D eigenvalue weighted by Crippen LogP contribution is -2.23. The number of benzene rings is 2. The van der Waals surface area contributed by atoms with Crippen LogP contribution < -0.4 is 5.32 Å². The average molecular weight is 660 g/mol. The Morgan fingerprint density at radius 1 is 0.723 bits per heavy atom. The first-order valence-electron chi connectivity index (χ1n) is 13.1. The standard InChI is InChI=1S/C28H18F6N8O5/c1-2-35-24(43)21-8-13(22-11-41(39-37-22)14-3-5-16(25(44)45)18(9-14)27(29,30)31)7-20(36-21)23-12-42(40-38-23)15-4-6-17(26(46)47)19(10-15)28(32,33)34/h3-12H,2H2,1H3,(H,35,43)(H,44,45)(H,46,47). The first-order valence-corrected chi connectivity index (χ1v) is 13.1. The molecule has 0 fully saturated rings. The number of nitrogens with zero attached hydrogens (tertiary/aromatic N) is 7. The smallest absolute Gasteiger partial charge is 0.417 e. The van der Waals surface area contributed by atoms with Gasteiger partial charge in [0, 0.05) is 12.1 Å². The molecule has 19 heteroatoms. The van der Waals surface area contributed by atoms with Crippen molar-refractivity contribution in [2.24, 2.45) is 0 Å². The summed E-state index contributed by atoms with van der Waals surface area (Å²) in [5.74, 6) is -4.19. The third-order valence-electron chi connectivity index (χ3n) is 6.55. The largest absolute Gasteiger partial charge is 0.478 e. The van der Waals surface area contributed by atoms with Gasteiger partial charge < -0.3 is 15.5 Å². The lowest BCUT2D eigenvalue weighted by Gasteiger charge is -2.12. The third-order valence-corrected chi connectivity index (χ3v) is 6.55. The molecule has 0 saturated carbocycles. The molecule has 0 aliphatic carbocycles. The maximum absolute atomic E-state index is 13.6. The number of hydrogen-bond donors (Lipinski definition) is 3. The highest BCUT2D eigenvalue weighted by atomic mass is 19.4. The topological polar surface area (TPSA) is 178 Å². The van der Waals surface area contributed by atoms with Gasteiger partial charge >= 0.3 is 24.3 Å². The average Bonchev–Trinajstić information content (AvgIpc) is 3.71. The molecule has 5 aromatic rings. The maximum atomic E-state index is 13.6. The van der Waals surface area contributed by atoms with Crippen molar-refractivity contribution in [1.82, 2.24) is 40.3 Å². The van der Waals surface area contributed by atoms with E-state index in [9.17, 15) is 40.7 Å². The van der Waals surface area contributed by atoms with Crippen LogP contribution in [0.4, 0.5) is 26.3 Å². The SMILES string of the molecule is CCNC(=O)c1cc(-c2cn(-c3ccc(C(=O)O)c(C(F)(F)F)c3)nn2)cc(-c2cn(-c3ccc(C(=O)O)c(C(F)(F)F)c3)nn2)n1. The van der Waals surface area contributed by atoms with Crippen molar-refractivity contribution in [3.05, 3.63) is 88.9 Å². The van der Waals surface area contributed by atoms with E-state index in [-0.39, 0.29) is 46.3 Å². The molecule has 0 saturated heterocycles. The zero-order valence-electron chi connectivity index (χ0n) is 23.5. The summed E-state index contributed by atoms with van der Waals surface area (Å²) in [7, 11) is 0. The molecule has 0 radical (unpaired) electrons. The number of carbonyl (C=O) groups excluding carboxylic acids is 1. The van der Waals surface area contributed by atoms with Gasteiger partial charge in [-0.2, -0.15) is 26.3 Å². The van der Waals surface area contributed by atoms with Gasteiger partial charge in [-0.15, -0.1) is 10.2 Å². The minimum absolute atomic E-state index is 0.00655. The van der Waals surface area contributed by atoms with E-state index in [2.05, 4.69) is 30.9 Å². The summed E-state index contributed by atoms with van der Waals surface area (Å²) in [6.07, 6.45) is -7.58. The number of halogens is 6. The molecule has 0 unspecified atom stereocenters. The molecule has 3 heterocycles. The molecule has 5 rings (SSSR count). The van der Waals surface area contributed by atoms with Gasteiger partial charge in [0.1, 0.15) is 17.1 Å². The predicted molar refractivity (Wildman–Crippen MR) is 147 cm³/mol. The lowest BCUT2D eigenvalue weighted by molar-refractivity contribution is -0.138. The summed E-state index contributed by atoms with van der Waals surface area (Å²) in [6, 6.07) is 7.58. The molecule has 0 aliphatic rings. The Hall–Kier alpha value is -6.14. The van der Waals surface area contributed by atoms with Crippen molar-refractivity contribution in [3.63, 3.8) is 0 Å². The van der Waals surface area contributed by atoms with Gasteiger partial charge in [-0.05, 0) is 55.5 Å². The minimum atomic E-state index is -4.99. The first kappa shape index (κ1) is 32.3. The molecule has 3 aromatic heterocycles. The molecule has 2 aromatic carbocycles. The molecular formula is C28H18F6N8O5. The highest BCUT2D eigenvalue weighted by Gasteiger charge is 2.37.